The first kappa shape index (κ1) is 16.1. The first-order chi connectivity index (χ1) is 10.0. The lowest BCUT2D eigenvalue weighted by atomic mass is 10.3. The van der Waals surface area contributed by atoms with E-state index in [4.69, 9.17) is 26.1 Å². The maximum atomic E-state index is 6.29. The Bertz CT molecular complexity index is 593. The van der Waals surface area contributed by atoms with Gasteiger partial charge in [0.2, 0.25) is 0 Å². The summed E-state index contributed by atoms with van der Waals surface area (Å²) in [5.41, 5.74) is 1.90. The average molecular weight is 311 g/mol. The van der Waals surface area contributed by atoms with Gasteiger partial charge in [0.05, 0.1) is 23.6 Å². The molecule has 4 nitrogen and oxygen atoms in total. The summed E-state index contributed by atoms with van der Waals surface area (Å²) in [5, 5.41) is -0.161. The van der Waals surface area contributed by atoms with Crippen LogP contribution in [0.1, 0.15) is 38.9 Å². The summed E-state index contributed by atoms with van der Waals surface area (Å²) in [4.78, 5) is 4.69. The Balaban J connectivity index is 2.46. The van der Waals surface area contributed by atoms with Crippen molar-refractivity contribution in [2.75, 3.05) is 13.2 Å². The number of halogens is 1. The van der Waals surface area contributed by atoms with E-state index in [-0.39, 0.29) is 11.5 Å². The van der Waals surface area contributed by atoms with Crippen LogP contribution in [0.2, 0.25) is 0 Å². The van der Waals surface area contributed by atoms with Crippen LogP contribution in [-0.2, 0) is 11.3 Å². The lowest BCUT2D eigenvalue weighted by Crippen LogP contribution is -2.09. The second-order valence-electron chi connectivity index (χ2n) is 5.23. The van der Waals surface area contributed by atoms with Crippen molar-refractivity contribution in [3.8, 4) is 5.75 Å². The third-order valence-electron chi connectivity index (χ3n) is 3.15. The number of nitrogens with zero attached hydrogens (tertiary/aromatic N) is 2. The number of alkyl halides is 1. The second-order valence-corrected chi connectivity index (χ2v) is 5.88. The van der Waals surface area contributed by atoms with Gasteiger partial charge in [0.1, 0.15) is 17.1 Å². The zero-order valence-corrected chi connectivity index (χ0v) is 13.9. The first-order valence-corrected chi connectivity index (χ1v) is 7.85. The van der Waals surface area contributed by atoms with E-state index in [2.05, 4.69) is 4.57 Å². The highest BCUT2D eigenvalue weighted by molar-refractivity contribution is 6.20. The van der Waals surface area contributed by atoms with Crippen molar-refractivity contribution in [2.45, 2.75) is 45.7 Å². The van der Waals surface area contributed by atoms with Gasteiger partial charge in [0.25, 0.3) is 0 Å². The summed E-state index contributed by atoms with van der Waals surface area (Å²) >= 11 is 6.29. The maximum Gasteiger partial charge on any atom is 0.147 e. The van der Waals surface area contributed by atoms with Crippen LogP contribution >= 0.6 is 11.6 Å². The molecule has 0 spiro atoms. The molecule has 0 amide bonds. The van der Waals surface area contributed by atoms with Gasteiger partial charge in [-0.25, -0.2) is 4.98 Å². The van der Waals surface area contributed by atoms with E-state index >= 15 is 0 Å². The molecule has 1 heterocycles. The lowest BCUT2D eigenvalue weighted by molar-refractivity contribution is 0.139. The number of hydrogen-bond donors (Lipinski definition) is 0. The molecule has 1 aromatic carbocycles. The molecule has 0 aliphatic rings. The Kier molecular flexibility index (Phi) is 5.48. The molecule has 0 radical (unpaired) electrons. The fourth-order valence-electron chi connectivity index (χ4n) is 2.33. The van der Waals surface area contributed by atoms with Crippen LogP contribution in [0.4, 0.5) is 0 Å². The van der Waals surface area contributed by atoms with Gasteiger partial charge in [-0.15, -0.1) is 11.6 Å². The number of benzene rings is 1. The predicted molar refractivity (Wildman–Crippen MR) is 86.3 cm³/mol. The number of ether oxygens (including phenoxy) is 2. The topological polar surface area (TPSA) is 36.3 Å². The number of imidazole rings is 1. The smallest absolute Gasteiger partial charge is 0.147 e. The summed E-state index contributed by atoms with van der Waals surface area (Å²) < 4.78 is 13.4. The van der Waals surface area contributed by atoms with Gasteiger partial charge in [0.15, 0.2) is 0 Å². The minimum atomic E-state index is -0.161. The lowest BCUT2D eigenvalue weighted by Gasteiger charge is -2.11. The number of fused-ring (bicyclic) bond motifs is 1. The Hall–Kier alpha value is -1.26. The SMILES string of the molecule is CCOCCn1c(C(C)Cl)nc2c(OC(C)C)cccc21. The quantitative estimate of drug-likeness (QED) is 0.569. The van der Waals surface area contributed by atoms with Crippen molar-refractivity contribution in [1.82, 2.24) is 9.55 Å². The minimum absolute atomic E-state index is 0.112. The van der Waals surface area contributed by atoms with E-state index in [0.717, 1.165) is 29.2 Å². The molecular weight excluding hydrogens is 288 g/mol. The third kappa shape index (κ3) is 3.69. The van der Waals surface area contributed by atoms with E-state index in [1.165, 1.54) is 0 Å². The predicted octanol–water partition coefficient (Wildman–Crippen LogP) is 4.16. The molecule has 116 valence electrons. The van der Waals surface area contributed by atoms with Crippen molar-refractivity contribution < 1.29 is 9.47 Å². The van der Waals surface area contributed by atoms with Gasteiger partial charge in [0, 0.05) is 13.2 Å². The normalized spacial score (nSPS) is 13.0. The molecule has 5 heteroatoms. The molecule has 0 saturated carbocycles. The molecule has 2 aromatic rings. The third-order valence-corrected chi connectivity index (χ3v) is 3.35. The largest absolute Gasteiger partial charge is 0.489 e. The molecule has 0 saturated heterocycles. The van der Waals surface area contributed by atoms with E-state index in [1.807, 2.05) is 45.9 Å². The number of aromatic nitrogens is 2. The van der Waals surface area contributed by atoms with Gasteiger partial charge in [-0.05, 0) is 39.8 Å². The number of rotatable bonds is 7. The highest BCUT2D eigenvalue weighted by atomic mass is 35.5. The Morgan fingerprint density at radius 3 is 2.67 bits per heavy atom. The summed E-state index contributed by atoms with van der Waals surface area (Å²) in [6.07, 6.45) is 0.112. The Morgan fingerprint density at radius 2 is 2.05 bits per heavy atom. The molecule has 0 fully saturated rings. The molecule has 1 aromatic heterocycles. The molecule has 1 atom stereocenters. The van der Waals surface area contributed by atoms with Gasteiger partial charge in [-0.1, -0.05) is 6.07 Å². The Morgan fingerprint density at radius 1 is 1.29 bits per heavy atom. The summed E-state index contributed by atoms with van der Waals surface area (Å²) in [6, 6.07) is 5.98. The minimum Gasteiger partial charge on any atom is -0.489 e. The van der Waals surface area contributed by atoms with Crippen LogP contribution in [0, 0.1) is 0 Å². The van der Waals surface area contributed by atoms with Crippen LogP contribution in [-0.4, -0.2) is 28.9 Å². The Labute approximate surface area is 131 Å². The molecule has 2 rings (SSSR count). The van der Waals surface area contributed by atoms with Gasteiger partial charge in [-0.2, -0.15) is 0 Å². The van der Waals surface area contributed by atoms with Crippen molar-refractivity contribution in [2.24, 2.45) is 0 Å². The molecule has 1 unspecified atom stereocenters. The molecule has 0 aliphatic heterocycles. The van der Waals surface area contributed by atoms with Gasteiger partial charge >= 0.3 is 0 Å². The van der Waals surface area contributed by atoms with E-state index in [1.54, 1.807) is 0 Å². The zero-order chi connectivity index (χ0) is 15.4. The van der Waals surface area contributed by atoms with Crippen molar-refractivity contribution >= 4 is 22.6 Å². The van der Waals surface area contributed by atoms with Crippen LogP contribution in [0.3, 0.4) is 0 Å². The fraction of sp³-hybridized carbons (Fsp3) is 0.562. The van der Waals surface area contributed by atoms with E-state index in [9.17, 15) is 0 Å². The average Bonchev–Trinajstić information content (AvgIpc) is 2.79. The first-order valence-electron chi connectivity index (χ1n) is 7.42. The molecule has 21 heavy (non-hydrogen) atoms. The fourth-order valence-corrected chi connectivity index (χ4v) is 2.49. The molecule has 0 aliphatic carbocycles. The number of para-hydroxylation sites is 1. The van der Waals surface area contributed by atoms with Crippen LogP contribution < -0.4 is 4.74 Å². The highest BCUT2D eigenvalue weighted by Gasteiger charge is 2.17. The second kappa shape index (κ2) is 7.14. The van der Waals surface area contributed by atoms with E-state index < -0.39 is 0 Å². The van der Waals surface area contributed by atoms with Gasteiger partial charge in [-0.3, -0.25) is 0 Å². The van der Waals surface area contributed by atoms with Gasteiger partial charge < -0.3 is 14.0 Å². The monoisotopic (exact) mass is 310 g/mol. The van der Waals surface area contributed by atoms with Crippen molar-refractivity contribution in [3.63, 3.8) is 0 Å². The zero-order valence-electron chi connectivity index (χ0n) is 13.1. The van der Waals surface area contributed by atoms with Crippen LogP contribution in [0.5, 0.6) is 5.75 Å². The highest BCUT2D eigenvalue weighted by Crippen LogP contribution is 2.30. The van der Waals surface area contributed by atoms with Crippen LogP contribution in [0.15, 0.2) is 18.2 Å². The summed E-state index contributed by atoms with van der Waals surface area (Å²) in [5.74, 6) is 1.66. The molecule has 0 N–H and O–H groups in total. The summed E-state index contributed by atoms with van der Waals surface area (Å²) in [7, 11) is 0. The van der Waals surface area contributed by atoms with E-state index in [0.29, 0.717) is 13.2 Å². The number of hydrogen-bond acceptors (Lipinski definition) is 3. The maximum absolute atomic E-state index is 6.29. The van der Waals surface area contributed by atoms with Crippen LogP contribution in [0.25, 0.3) is 11.0 Å². The standard InChI is InChI=1S/C16H23ClN2O2/c1-5-20-10-9-19-13-7-6-8-14(21-11(2)3)15(13)18-16(19)12(4)17/h6-8,11-12H,5,9-10H2,1-4H3. The summed E-state index contributed by atoms with van der Waals surface area (Å²) in [6.45, 7) is 10.0. The van der Waals surface area contributed by atoms with Crippen molar-refractivity contribution in [3.05, 3.63) is 24.0 Å². The van der Waals surface area contributed by atoms with Crippen molar-refractivity contribution in [1.29, 1.82) is 0 Å². The molecule has 0 bridgehead atoms. The molecular formula is C16H23ClN2O2.